The second-order valence-corrected chi connectivity index (χ2v) is 5.77. The Hall–Kier alpha value is -1.96. The molecule has 0 radical (unpaired) electrons. The largest absolute Gasteiger partial charge is 0.469 e. The minimum absolute atomic E-state index is 0.0151. The van der Waals surface area contributed by atoms with E-state index in [1.165, 1.54) is 19.2 Å². The van der Waals surface area contributed by atoms with E-state index in [-0.39, 0.29) is 28.7 Å². The maximum Gasteiger partial charge on any atom is 0.324 e. The lowest BCUT2D eigenvalue weighted by molar-refractivity contribution is -0.380. The lowest BCUT2D eigenvalue weighted by Gasteiger charge is -2.14. The molecule has 7 nitrogen and oxygen atoms in total. The first-order valence-corrected chi connectivity index (χ1v) is 6.87. The average molecular weight is 298 g/mol. The minimum Gasteiger partial charge on any atom is -0.469 e. The number of likely N-dealkylation sites (tertiary alicyclic amines) is 1. The van der Waals surface area contributed by atoms with Gasteiger partial charge < -0.3 is 9.64 Å². The fraction of sp³-hybridized carbons (Fsp3) is 0.500. The summed E-state index contributed by atoms with van der Waals surface area (Å²) in [6.45, 7) is 2.62. The number of ether oxygens (including phenoxy) is 1. The van der Waals surface area contributed by atoms with Crippen molar-refractivity contribution in [1.29, 1.82) is 0 Å². The van der Waals surface area contributed by atoms with Gasteiger partial charge >= 0.3 is 11.0 Å². The molecule has 20 heavy (non-hydrogen) atoms. The Morgan fingerprint density at radius 1 is 1.45 bits per heavy atom. The number of nitro groups is 1. The summed E-state index contributed by atoms with van der Waals surface area (Å²) in [5, 5.41) is 10.6. The van der Waals surface area contributed by atoms with Crippen molar-refractivity contribution in [3.8, 4) is 0 Å². The van der Waals surface area contributed by atoms with Gasteiger partial charge in [0.25, 0.3) is 5.91 Å². The highest BCUT2D eigenvalue weighted by molar-refractivity contribution is 7.17. The van der Waals surface area contributed by atoms with Gasteiger partial charge in [-0.15, -0.1) is 0 Å². The zero-order chi connectivity index (χ0) is 14.9. The summed E-state index contributed by atoms with van der Waals surface area (Å²) >= 11 is 0.846. The Balaban J connectivity index is 2.10. The van der Waals surface area contributed by atoms with E-state index in [0.29, 0.717) is 18.0 Å². The minimum atomic E-state index is -0.523. The van der Waals surface area contributed by atoms with Crippen molar-refractivity contribution >= 4 is 28.2 Å². The summed E-state index contributed by atoms with van der Waals surface area (Å²) in [5.41, 5.74) is 0. The maximum absolute atomic E-state index is 12.2. The number of thiophene rings is 1. The summed E-state index contributed by atoms with van der Waals surface area (Å²) in [5.74, 6) is -0.924. The normalized spacial score (nSPS) is 21.8. The van der Waals surface area contributed by atoms with Crippen LogP contribution in [0, 0.1) is 22.0 Å². The molecule has 2 rings (SSSR count). The Morgan fingerprint density at radius 2 is 2.15 bits per heavy atom. The molecule has 0 N–H and O–H groups in total. The van der Waals surface area contributed by atoms with Crippen LogP contribution in [0.2, 0.25) is 0 Å². The third kappa shape index (κ3) is 2.64. The van der Waals surface area contributed by atoms with Crippen LogP contribution in [0.4, 0.5) is 5.00 Å². The predicted molar refractivity (Wildman–Crippen MR) is 71.5 cm³/mol. The lowest BCUT2D eigenvalue weighted by Crippen LogP contribution is -2.29. The van der Waals surface area contributed by atoms with Crippen LogP contribution < -0.4 is 0 Å². The fourth-order valence-electron chi connectivity index (χ4n) is 2.29. The number of amides is 1. The van der Waals surface area contributed by atoms with E-state index in [9.17, 15) is 19.7 Å². The van der Waals surface area contributed by atoms with Gasteiger partial charge in [-0.1, -0.05) is 18.3 Å². The number of esters is 1. The van der Waals surface area contributed by atoms with E-state index in [2.05, 4.69) is 0 Å². The number of hydrogen-bond acceptors (Lipinski definition) is 6. The first-order valence-electron chi connectivity index (χ1n) is 6.05. The molecule has 1 aliphatic heterocycles. The third-order valence-electron chi connectivity index (χ3n) is 3.39. The Bertz CT molecular complexity index is 556. The van der Waals surface area contributed by atoms with Crippen molar-refractivity contribution in [2.75, 3.05) is 20.2 Å². The molecule has 1 amide bonds. The Morgan fingerprint density at radius 3 is 2.70 bits per heavy atom. The average Bonchev–Trinajstić information content (AvgIpc) is 3.03. The molecule has 1 aromatic heterocycles. The van der Waals surface area contributed by atoms with Gasteiger partial charge in [-0.05, 0) is 12.0 Å². The van der Waals surface area contributed by atoms with Crippen LogP contribution in [0.1, 0.15) is 16.6 Å². The van der Waals surface area contributed by atoms with Crippen molar-refractivity contribution in [2.45, 2.75) is 6.92 Å². The molecule has 1 aromatic rings. The van der Waals surface area contributed by atoms with Crippen LogP contribution >= 0.6 is 11.3 Å². The monoisotopic (exact) mass is 298 g/mol. The molecule has 8 heteroatoms. The molecule has 0 aliphatic carbocycles. The van der Waals surface area contributed by atoms with Crippen LogP contribution in [-0.4, -0.2) is 41.9 Å². The van der Waals surface area contributed by atoms with Crippen LogP contribution in [0.25, 0.3) is 0 Å². The quantitative estimate of drug-likeness (QED) is 0.479. The van der Waals surface area contributed by atoms with E-state index in [0.717, 1.165) is 11.3 Å². The van der Waals surface area contributed by atoms with Gasteiger partial charge in [0, 0.05) is 19.2 Å². The van der Waals surface area contributed by atoms with Crippen molar-refractivity contribution in [2.24, 2.45) is 11.8 Å². The van der Waals surface area contributed by atoms with E-state index < -0.39 is 4.92 Å². The van der Waals surface area contributed by atoms with Gasteiger partial charge in [-0.2, -0.15) is 0 Å². The summed E-state index contributed by atoms with van der Waals surface area (Å²) < 4.78 is 4.71. The summed E-state index contributed by atoms with van der Waals surface area (Å²) in [6.07, 6.45) is 0. The van der Waals surface area contributed by atoms with Gasteiger partial charge in [-0.3, -0.25) is 19.7 Å². The second-order valence-electron chi connectivity index (χ2n) is 4.71. The Kier molecular flexibility index (Phi) is 4.03. The van der Waals surface area contributed by atoms with Crippen molar-refractivity contribution in [3.63, 3.8) is 0 Å². The first kappa shape index (κ1) is 14.4. The summed E-state index contributed by atoms with van der Waals surface area (Å²) in [4.78, 5) is 35.8. The highest BCUT2D eigenvalue weighted by atomic mass is 32.1. The van der Waals surface area contributed by atoms with E-state index in [1.807, 2.05) is 6.92 Å². The topological polar surface area (TPSA) is 89.8 Å². The number of rotatable bonds is 3. The third-order valence-corrected chi connectivity index (χ3v) is 4.41. The predicted octanol–water partition coefficient (Wildman–Crippen LogP) is 1.54. The van der Waals surface area contributed by atoms with Gasteiger partial charge in [0.2, 0.25) is 0 Å². The number of nitrogens with zero attached hydrogens (tertiary/aromatic N) is 2. The van der Waals surface area contributed by atoms with Crippen LogP contribution in [-0.2, 0) is 9.53 Å². The molecule has 0 aromatic carbocycles. The zero-order valence-corrected chi connectivity index (χ0v) is 11.9. The first-order chi connectivity index (χ1) is 9.43. The standard InChI is InChI=1S/C12H14N2O5S/c1-7-5-13(6-8(7)12(16)19-2)11(15)9-3-4-10(20-9)14(17)18/h3-4,7-8H,5-6H2,1-2H3. The molecule has 1 aliphatic rings. The molecule has 0 spiro atoms. The summed E-state index contributed by atoms with van der Waals surface area (Å²) in [7, 11) is 1.32. The molecule has 2 unspecified atom stereocenters. The van der Waals surface area contributed by atoms with Crippen LogP contribution in [0.5, 0.6) is 0 Å². The zero-order valence-electron chi connectivity index (χ0n) is 11.1. The smallest absolute Gasteiger partial charge is 0.324 e. The maximum atomic E-state index is 12.2. The van der Waals surface area contributed by atoms with E-state index in [1.54, 1.807) is 4.90 Å². The van der Waals surface area contributed by atoms with Gasteiger partial charge in [-0.25, -0.2) is 0 Å². The van der Waals surface area contributed by atoms with E-state index >= 15 is 0 Å². The molecule has 0 bridgehead atoms. The molecule has 1 fully saturated rings. The molecule has 1 saturated heterocycles. The fourth-order valence-corrected chi connectivity index (χ4v) is 3.08. The Labute approximate surface area is 119 Å². The van der Waals surface area contributed by atoms with Gasteiger partial charge in [0.15, 0.2) is 0 Å². The number of hydrogen-bond donors (Lipinski definition) is 0. The highest BCUT2D eigenvalue weighted by Crippen LogP contribution is 2.29. The van der Waals surface area contributed by atoms with E-state index in [4.69, 9.17) is 4.74 Å². The SMILES string of the molecule is COC(=O)C1CN(C(=O)c2ccc([N+](=O)[O-])s2)CC1C. The van der Waals surface area contributed by atoms with Crippen LogP contribution in [0.3, 0.4) is 0 Å². The number of carbonyl (C=O) groups is 2. The molecular formula is C12H14N2O5S. The van der Waals surface area contributed by atoms with Crippen molar-refractivity contribution in [3.05, 3.63) is 27.1 Å². The molecule has 108 valence electrons. The number of carbonyl (C=O) groups excluding carboxylic acids is 2. The summed E-state index contributed by atoms with van der Waals surface area (Å²) in [6, 6.07) is 2.76. The molecular weight excluding hydrogens is 284 g/mol. The lowest BCUT2D eigenvalue weighted by atomic mass is 9.99. The number of methoxy groups -OCH3 is 1. The van der Waals surface area contributed by atoms with Crippen molar-refractivity contribution < 1.29 is 19.2 Å². The van der Waals surface area contributed by atoms with Crippen molar-refractivity contribution in [1.82, 2.24) is 4.90 Å². The molecule has 2 atom stereocenters. The highest BCUT2D eigenvalue weighted by Gasteiger charge is 2.38. The second kappa shape index (κ2) is 5.58. The molecule has 0 saturated carbocycles. The van der Waals surface area contributed by atoms with Gasteiger partial charge in [0.1, 0.15) is 0 Å². The van der Waals surface area contributed by atoms with Gasteiger partial charge in [0.05, 0.1) is 22.8 Å². The molecule has 2 heterocycles. The van der Waals surface area contributed by atoms with Crippen LogP contribution in [0.15, 0.2) is 12.1 Å².